The van der Waals surface area contributed by atoms with Gasteiger partial charge in [-0.3, -0.25) is 4.79 Å². The number of aromatic nitrogens is 3. The smallest absolute Gasteiger partial charge is 0.251 e. The molecule has 3 rings (SSSR count). The normalized spacial score (nSPS) is 17.5. The van der Waals surface area contributed by atoms with E-state index in [9.17, 15) is 4.79 Å². The minimum Gasteiger partial charge on any atom is -0.348 e. The fourth-order valence-electron chi connectivity index (χ4n) is 2.61. The molecule has 0 saturated carbocycles. The fourth-order valence-corrected chi connectivity index (χ4v) is 2.61. The Morgan fingerprint density at radius 3 is 3.00 bits per heavy atom. The average Bonchev–Trinajstić information content (AvgIpc) is 3.02. The number of carbonyl (C=O) groups is 1. The Balaban J connectivity index is 0.00000176. The number of hydrogen-bond donors (Lipinski definition) is 2. The van der Waals surface area contributed by atoms with E-state index in [1.165, 1.54) is 6.33 Å². The summed E-state index contributed by atoms with van der Waals surface area (Å²) in [5.74, 6) is -0.0144. The maximum absolute atomic E-state index is 12.5. The molecule has 1 amide bonds. The zero-order chi connectivity index (χ0) is 14.5. The largest absolute Gasteiger partial charge is 0.348 e. The van der Waals surface area contributed by atoms with Crippen LogP contribution in [-0.4, -0.2) is 39.8 Å². The first kappa shape index (κ1) is 16.5. The third kappa shape index (κ3) is 4.05. The molecule has 1 aliphatic heterocycles. The number of hydrogen-bond acceptors (Lipinski definition) is 4. The van der Waals surface area contributed by atoms with Crippen molar-refractivity contribution in [3.8, 4) is 0 Å². The summed E-state index contributed by atoms with van der Waals surface area (Å²) in [6, 6.07) is 7.85. The summed E-state index contributed by atoms with van der Waals surface area (Å²) < 4.78 is 1.72. The van der Waals surface area contributed by atoms with Crippen LogP contribution in [0.3, 0.4) is 0 Å². The van der Waals surface area contributed by atoms with E-state index in [1.807, 2.05) is 24.3 Å². The highest BCUT2D eigenvalue weighted by molar-refractivity contribution is 5.95. The van der Waals surface area contributed by atoms with Gasteiger partial charge in [-0.25, -0.2) is 9.67 Å². The molecule has 1 fully saturated rings. The minimum atomic E-state index is -0.0144. The van der Waals surface area contributed by atoms with Crippen molar-refractivity contribution in [1.82, 2.24) is 25.4 Å². The van der Waals surface area contributed by atoms with E-state index in [0.717, 1.165) is 31.5 Å². The second-order valence-corrected chi connectivity index (χ2v) is 5.27. The second kappa shape index (κ2) is 7.91. The zero-order valence-corrected chi connectivity index (χ0v) is 13.1. The molecule has 2 aromatic rings. The summed E-state index contributed by atoms with van der Waals surface area (Å²) in [4.78, 5) is 16.4. The van der Waals surface area contributed by atoms with Crippen LogP contribution in [0.1, 0.15) is 28.8 Å². The van der Waals surface area contributed by atoms with Crippen LogP contribution >= 0.6 is 12.4 Å². The molecule has 7 heteroatoms. The van der Waals surface area contributed by atoms with Crippen molar-refractivity contribution in [3.05, 3.63) is 48.0 Å². The van der Waals surface area contributed by atoms with Crippen molar-refractivity contribution in [3.63, 3.8) is 0 Å². The molecule has 0 radical (unpaired) electrons. The van der Waals surface area contributed by atoms with Crippen LogP contribution in [0.2, 0.25) is 0 Å². The molecule has 1 aromatic heterocycles. The highest BCUT2D eigenvalue weighted by atomic mass is 35.5. The molecule has 0 spiro atoms. The summed E-state index contributed by atoms with van der Waals surface area (Å²) in [6.45, 7) is 2.43. The van der Waals surface area contributed by atoms with E-state index in [0.29, 0.717) is 12.1 Å². The number of rotatable bonds is 4. The van der Waals surface area contributed by atoms with Crippen LogP contribution in [0.5, 0.6) is 0 Å². The van der Waals surface area contributed by atoms with Gasteiger partial charge in [0.15, 0.2) is 0 Å². The van der Waals surface area contributed by atoms with Gasteiger partial charge >= 0.3 is 0 Å². The molecule has 2 N–H and O–H groups in total. The van der Waals surface area contributed by atoms with Crippen molar-refractivity contribution in [2.24, 2.45) is 0 Å². The van der Waals surface area contributed by atoms with Gasteiger partial charge in [0.1, 0.15) is 12.7 Å². The number of carbonyl (C=O) groups excluding carboxylic acids is 1. The molecule has 22 heavy (non-hydrogen) atoms. The Labute approximate surface area is 135 Å². The van der Waals surface area contributed by atoms with E-state index >= 15 is 0 Å². The van der Waals surface area contributed by atoms with Crippen molar-refractivity contribution in [2.75, 3.05) is 13.1 Å². The molecule has 0 unspecified atom stereocenters. The van der Waals surface area contributed by atoms with Gasteiger partial charge in [0.2, 0.25) is 0 Å². The number of nitrogens with one attached hydrogen (secondary N) is 2. The van der Waals surface area contributed by atoms with Crippen molar-refractivity contribution >= 4 is 18.3 Å². The van der Waals surface area contributed by atoms with Gasteiger partial charge in [-0.05, 0) is 31.0 Å². The number of nitrogens with zero attached hydrogens (tertiary/aromatic N) is 3. The first-order valence-corrected chi connectivity index (χ1v) is 7.25. The molecule has 2 heterocycles. The molecule has 6 nitrogen and oxygen atoms in total. The van der Waals surface area contributed by atoms with Gasteiger partial charge in [-0.1, -0.05) is 18.2 Å². The first-order chi connectivity index (χ1) is 10.3. The van der Waals surface area contributed by atoms with Crippen LogP contribution in [0.25, 0.3) is 0 Å². The standard InChI is InChI=1S/C15H19N5O.ClH/c21-15(19-13-5-3-7-16-8-13)14-6-2-1-4-12(14)9-20-11-17-10-18-20;/h1-2,4,6,10-11,13,16H,3,5,7-9H2,(H,19,21);1H/t13-;/m0./s1. The summed E-state index contributed by atoms with van der Waals surface area (Å²) in [5.41, 5.74) is 1.66. The first-order valence-electron chi connectivity index (χ1n) is 7.25. The SMILES string of the molecule is Cl.O=C(N[C@H]1CCCNC1)c1ccccc1Cn1cncn1. The monoisotopic (exact) mass is 321 g/mol. The maximum atomic E-state index is 12.5. The van der Waals surface area contributed by atoms with Crippen LogP contribution in [0, 0.1) is 0 Å². The van der Waals surface area contributed by atoms with Crippen molar-refractivity contribution < 1.29 is 4.79 Å². The Morgan fingerprint density at radius 2 is 2.27 bits per heavy atom. The van der Waals surface area contributed by atoms with E-state index in [-0.39, 0.29) is 24.4 Å². The zero-order valence-electron chi connectivity index (χ0n) is 12.2. The molecular weight excluding hydrogens is 302 g/mol. The Kier molecular flexibility index (Phi) is 5.91. The van der Waals surface area contributed by atoms with Gasteiger partial charge in [0.25, 0.3) is 5.91 Å². The van der Waals surface area contributed by atoms with E-state index in [1.54, 1.807) is 11.0 Å². The fraction of sp³-hybridized carbons (Fsp3) is 0.400. The Morgan fingerprint density at radius 1 is 1.41 bits per heavy atom. The van der Waals surface area contributed by atoms with Gasteiger partial charge in [0, 0.05) is 18.2 Å². The highest BCUT2D eigenvalue weighted by Crippen LogP contribution is 2.11. The minimum absolute atomic E-state index is 0. The third-order valence-corrected chi connectivity index (χ3v) is 3.69. The summed E-state index contributed by atoms with van der Waals surface area (Å²) in [7, 11) is 0. The molecule has 0 aliphatic carbocycles. The number of amides is 1. The molecular formula is C15H20ClN5O. The maximum Gasteiger partial charge on any atom is 0.251 e. The van der Waals surface area contributed by atoms with Gasteiger partial charge in [0.05, 0.1) is 6.54 Å². The molecule has 1 saturated heterocycles. The van der Waals surface area contributed by atoms with Gasteiger partial charge in [-0.2, -0.15) is 5.10 Å². The Hall–Kier alpha value is -1.92. The molecule has 0 bridgehead atoms. The molecule has 1 atom stereocenters. The lowest BCUT2D eigenvalue weighted by atomic mass is 10.0. The second-order valence-electron chi connectivity index (χ2n) is 5.27. The summed E-state index contributed by atoms with van der Waals surface area (Å²) in [6.07, 6.45) is 5.28. The predicted octanol–water partition coefficient (Wildman–Crippen LogP) is 1.23. The predicted molar refractivity (Wildman–Crippen MR) is 86.2 cm³/mol. The van der Waals surface area contributed by atoms with Gasteiger partial charge < -0.3 is 10.6 Å². The number of benzene rings is 1. The Bertz CT molecular complexity index is 596. The number of piperidine rings is 1. The molecule has 118 valence electrons. The number of halogens is 1. The lowest BCUT2D eigenvalue weighted by Gasteiger charge is -2.24. The van der Waals surface area contributed by atoms with Crippen LogP contribution in [0.4, 0.5) is 0 Å². The summed E-state index contributed by atoms with van der Waals surface area (Å²) in [5, 5.41) is 10.5. The molecule has 1 aromatic carbocycles. The van der Waals surface area contributed by atoms with Crippen molar-refractivity contribution in [1.29, 1.82) is 0 Å². The van der Waals surface area contributed by atoms with Crippen LogP contribution < -0.4 is 10.6 Å². The third-order valence-electron chi connectivity index (χ3n) is 3.69. The summed E-state index contributed by atoms with van der Waals surface area (Å²) >= 11 is 0. The van der Waals surface area contributed by atoms with E-state index in [4.69, 9.17) is 0 Å². The molecule has 1 aliphatic rings. The average molecular weight is 322 g/mol. The van der Waals surface area contributed by atoms with Crippen LogP contribution in [-0.2, 0) is 6.54 Å². The van der Waals surface area contributed by atoms with E-state index < -0.39 is 0 Å². The topological polar surface area (TPSA) is 71.8 Å². The lowest BCUT2D eigenvalue weighted by Crippen LogP contribution is -2.45. The highest BCUT2D eigenvalue weighted by Gasteiger charge is 2.18. The van der Waals surface area contributed by atoms with Crippen molar-refractivity contribution in [2.45, 2.75) is 25.4 Å². The lowest BCUT2D eigenvalue weighted by molar-refractivity contribution is 0.0929. The van der Waals surface area contributed by atoms with E-state index in [2.05, 4.69) is 20.7 Å². The van der Waals surface area contributed by atoms with Crippen LogP contribution in [0.15, 0.2) is 36.9 Å². The van der Waals surface area contributed by atoms with Gasteiger partial charge in [-0.15, -0.1) is 12.4 Å². The quantitative estimate of drug-likeness (QED) is 0.888.